The van der Waals surface area contributed by atoms with E-state index in [0.29, 0.717) is 31.8 Å². The number of aromatic nitrogens is 3. The predicted molar refractivity (Wildman–Crippen MR) is 63.7 cm³/mol. The van der Waals surface area contributed by atoms with Crippen LogP contribution in [0.2, 0.25) is 0 Å². The summed E-state index contributed by atoms with van der Waals surface area (Å²) in [5.74, 6) is -0.103. The minimum absolute atomic E-state index is 0.0658. The average molecular weight is 291 g/mol. The molecule has 0 unspecified atom stereocenters. The van der Waals surface area contributed by atoms with Gasteiger partial charge in [-0.2, -0.15) is 18.3 Å². The summed E-state index contributed by atoms with van der Waals surface area (Å²) >= 11 is 0. The molecule has 6 nitrogen and oxygen atoms in total. The molecule has 2 rings (SSSR count). The second-order valence-corrected chi connectivity index (χ2v) is 4.91. The lowest BCUT2D eigenvalue weighted by atomic mass is 9.96. The highest BCUT2D eigenvalue weighted by Crippen LogP contribution is 2.27. The van der Waals surface area contributed by atoms with E-state index < -0.39 is 18.6 Å². The molecule has 2 N–H and O–H groups in total. The van der Waals surface area contributed by atoms with E-state index in [1.807, 2.05) is 4.90 Å². The number of carbonyl (C=O) groups excluding carboxylic acids is 1. The van der Waals surface area contributed by atoms with Crippen LogP contribution in [0, 0.1) is 0 Å². The van der Waals surface area contributed by atoms with E-state index in [9.17, 15) is 18.0 Å². The van der Waals surface area contributed by atoms with Crippen molar-refractivity contribution in [2.45, 2.75) is 31.5 Å². The molecule has 1 saturated heterocycles. The van der Waals surface area contributed by atoms with Crippen molar-refractivity contribution in [3.63, 3.8) is 0 Å². The van der Waals surface area contributed by atoms with Crippen LogP contribution in [-0.2, 0) is 11.3 Å². The number of hydrogen-bond acceptors (Lipinski definition) is 4. The van der Waals surface area contributed by atoms with Gasteiger partial charge < -0.3 is 5.73 Å². The number of amides is 1. The Morgan fingerprint density at radius 3 is 2.60 bits per heavy atom. The van der Waals surface area contributed by atoms with Crippen molar-refractivity contribution in [2.24, 2.45) is 5.73 Å². The zero-order valence-corrected chi connectivity index (χ0v) is 10.8. The summed E-state index contributed by atoms with van der Waals surface area (Å²) in [5.41, 5.74) is 5.11. The van der Waals surface area contributed by atoms with Crippen molar-refractivity contribution in [3.05, 3.63) is 12.2 Å². The Balaban J connectivity index is 1.97. The maximum absolute atomic E-state index is 12.4. The van der Waals surface area contributed by atoms with Crippen molar-refractivity contribution in [3.8, 4) is 0 Å². The first-order chi connectivity index (χ1) is 9.35. The van der Waals surface area contributed by atoms with Gasteiger partial charge in [-0.3, -0.25) is 9.69 Å². The maximum atomic E-state index is 12.4. The fraction of sp³-hybridized carbons (Fsp3) is 0.727. The van der Waals surface area contributed by atoms with Gasteiger partial charge >= 0.3 is 6.18 Å². The first-order valence-electron chi connectivity index (χ1n) is 6.30. The zero-order valence-electron chi connectivity index (χ0n) is 10.8. The molecule has 0 spiro atoms. The van der Waals surface area contributed by atoms with Crippen LogP contribution in [0.15, 0.2) is 6.33 Å². The quantitative estimate of drug-likeness (QED) is 0.876. The van der Waals surface area contributed by atoms with Gasteiger partial charge in [0, 0.05) is 5.92 Å². The summed E-state index contributed by atoms with van der Waals surface area (Å²) in [6.45, 7) is 0.296. The summed E-state index contributed by atoms with van der Waals surface area (Å²) in [7, 11) is 0. The molecule has 2 heterocycles. The largest absolute Gasteiger partial charge is 0.408 e. The minimum Gasteiger partial charge on any atom is -0.369 e. The minimum atomic E-state index is -4.31. The van der Waals surface area contributed by atoms with Gasteiger partial charge in [0.2, 0.25) is 5.91 Å². The van der Waals surface area contributed by atoms with E-state index in [1.165, 1.54) is 0 Å². The second kappa shape index (κ2) is 5.78. The van der Waals surface area contributed by atoms with Gasteiger partial charge in [0.1, 0.15) is 18.7 Å². The predicted octanol–water partition coefficient (Wildman–Crippen LogP) is 0.505. The van der Waals surface area contributed by atoms with E-state index in [1.54, 1.807) is 0 Å². The van der Waals surface area contributed by atoms with Crippen molar-refractivity contribution in [1.29, 1.82) is 0 Å². The van der Waals surface area contributed by atoms with E-state index in [0.717, 1.165) is 11.0 Å². The number of alkyl halides is 3. The standard InChI is InChI=1S/C11H16F3N5O/c12-11(13,14)6-19-10(16-7-17-19)8-1-3-18(4-2-8)5-9(15)20/h7-8H,1-6H2,(H2,15,20). The second-order valence-electron chi connectivity index (χ2n) is 4.91. The third-order valence-electron chi connectivity index (χ3n) is 3.31. The van der Waals surface area contributed by atoms with Gasteiger partial charge in [-0.15, -0.1) is 0 Å². The first-order valence-corrected chi connectivity index (χ1v) is 6.30. The van der Waals surface area contributed by atoms with E-state index in [4.69, 9.17) is 5.73 Å². The molecule has 9 heteroatoms. The van der Waals surface area contributed by atoms with E-state index in [2.05, 4.69) is 10.1 Å². The summed E-state index contributed by atoms with van der Waals surface area (Å²) < 4.78 is 38.2. The van der Waals surface area contributed by atoms with Gasteiger partial charge in [-0.05, 0) is 25.9 Å². The summed E-state index contributed by atoms with van der Waals surface area (Å²) in [4.78, 5) is 16.7. The lowest BCUT2D eigenvalue weighted by Crippen LogP contribution is -2.39. The van der Waals surface area contributed by atoms with Crippen LogP contribution >= 0.6 is 0 Å². The van der Waals surface area contributed by atoms with Crippen LogP contribution in [0.4, 0.5) is 13.2 Å². The molecule has 20 heavy (non-hydrogen) atoms. The molecule has 0 atom stereocenters. The number of carbonyl (C=O) groups is 1. The summed E-state index contributed by atoms with van der Waals surface area (Å²) in [5, 5.41) is 3.64. The highest BCUT2D eigenvalue weighted by molar-refractivity contribution is 5.75. The molecule has 1 amide bonds. The van der Waals surface area contributed by atoms with E-state index >= 15 is 0 Å². The Morgan fingerprint density at radius 1 is 1.40 bits per heavy atom. The third-order valence-corrected chi connectivity index (χ3v) is 3.31. The van der Waals surface area contributed by atoms with Gasteiger partial charge in [-0.1, -0.05) is 0 Å². The third kappa shape index (κ3) is 3.92. The Kier molecular flexibility index (Phi) is 4.26. The zero-order chi connectivity index (χ0) is 14.8. The molecule has 0 radical (unpaired) electrons. The number of nitrogens with zero attached hydrogens (tertiary/aromatic N) is 4. The van der Waals surface area contributed by atoms with Gasteiger partial charge in [-0.25, -0.2) is 9.67 Å². The van der Waals surface area contributed by atoms with Crippen molar-refractivity contribution >= 4 is 5.91 Å². The Morgan fingerprint density at radius 2 is 2.05 bits per heavy atom. The number of primary amides is 1. The Bertz CT molecular complexity index is 465. The normalized spacial score (nSPS) is 18.4. The van der Waals surface area contributed by atoms with Crippen molar-refractivity contribution in [1.82, 2.24) is 19.7 Å². The van der Waals surface area contributed by atoms with Gasteiger partial charge in [0.05, 0.1) is 6.54 Å². The number of hydrogen-bond donors (Lipinski definition) is 1. The van der Waals surface area contributed by atoms with Crippen LogP contribution in [0.3, 0.4) is 0 Å². The van der Waals surface area contributed by atoms with Crippen LogP contribution in [-0.4, -0.2) is 51.4 Å². The number of piperidine rings is 1. The smallest absolute Gasteiger partial charge is 0.369 e. The van der Waals surface area contributed by atoms with E-state index in [-0.39, 0.29) is 12.5 Å². The SMILES string of the molecule is NC(=O)CN1CCC(c2ncnn2CC(F)(F)F)CC1. The molecule has 112 valence electrons. The first kappa shape index (κ1) is 14.8. The maximum Gasteiger partial charge on any atom is 0.408 e. The van der Waals surface area contributed by atoms with Crippen molar-refractivity contribution in [2.75, 3.05) is 19.6 Å². The molecular formula is C11H16F3N5O. The summed E-state index contributed by atoms with van der Waals surface area (Å²) in [6.07, 6.45) is -1.88. The molecule has 0 aromatic carbocycles. The van der Waals surface area contributed by atoms with Crippen LogP contribution < -0.4 is 5.73 Å². The van der Waals surface area contributed by atoms with Crippen molar-refractivity contribution < 1.29 is 18.0 Å². The number of halogens is 3. The molecule has 1 aromatic rings. The Labute approximate surface area is 113 Å². The van der Waals surface area contributed by atoms with Gasteiger partial charge in [0.15, 0.2) is 0 Å². The summed E-state index contributed by atoms with van der Waals surface area (Å²) in [6, 6.07) is 0. The molecular weight excluding hydrogens is 275 g/mol. The highest BCUT2D eigenvalue weighted by atomic mass is 19.4. The fourth-order valence-electron chi connectivity index (χ4n) is 2.45. The molecule has 0 aliphatic carbocycles. The molecule has 1 aliphatic rings. The molecule has 1 fully saturated rings. The fourth-order valence-corrected chi connectivity index (χ4v) is 2.45. The highest BCUT2D eigenvalue weighted by Gasteiger charge is 2.32. The Hall–Kier alpha value is -1.64. The molecule has 1 aromatic heterocycles. The number of nitrogens with two attached hydrogens (primary N) is 1. The number of likely N-dealkylation sites (tertiary alicyclic amines) is 1. The van der Waals surface area contributed by atoms with Crippen LogP contribution in [0.5, 0.6) is 0 Å². The van der Waals surface area contributed by atoms with Crippen LogP contribution in [0.1, 0.15) is 24.6 Å². The molecule has 1 aliphatic heterocycles. The topological polar surface area (TPSA) is 77.0 Å². The lowest BCUT2D eigenvalue weighted by molar-refractivity contribution is -0.143. The molecule has 0 saturated carbocycles. The monoisotopic (exact) mass is 291 g/mol. The van der Waals surface area contributed by atoms with Gasteiger partial charge in [0.25, 0.3) is 0 Å². The molecule has 0 bridgehead atoms. The lowest BCUT2D eigenvalue weighted by Gasteiger charge is -2.30. The van der Waals surface area contributed by atoms with Crippen LogP contribution in [0.25, 0.3) is 0 Å². The number of rotatable bonds is 4. The average Bonchev–Trinajstić information content (AvgIpc) is 2.75.